The van der Waals surface area contributed by atoms with Crippen LogP contribution in [0.2, 0.25) is 0 Å². The van der Waals surface area contributed by atoms with E-state index in [1.807, 2.05) is 13.0 Å². The molecular weight excluding hydrogens is 267 g/mol. The molecule has 2 N–H and O–H groups in total. The highest BCUT2D eigenvalue weighted by Crippen LogP contribution is 2.22. The minimum Gasteiger partial charge on any atom is -0.491 e. The molecular formula is C14H22ClFN2O. The lowest BCUT2D eigenvalue weighted by Crippen LogP contribution is -2.34. The number of benzene rings is 1. The van der Waals surface area contributed by atoms with E-state index >= 15 is 0 Å². The first-order valence-corrected chi connectivity index (χ1v) is 6.60. The van der Waals surface area contributed by atoms with Crippen molar-refractivity contribution >= 4 is 12.4 Å². The van der Waals surface area contributed by atoms with E-state index in [0.717, 1.165) is 25.1 Å². The van der Waals surface area contributed by atoms with Crippen molar-refractivity contribution in [2.75, 3.05) is 19.7 Å². The van der Waals surface area contributed by atoms with Crippen LogP contribution in [0.5, 0.6) is 5.75 Å². The Labute approximate surface area is 120 Å². The maximum atomic E-state index is 13.7. The number of ether oxygens (including phenoxy) is 1. The van der Waals surface area contributed by atoms with Crippen LogP contribution in [0.4, 0.5) is 4.39 Å². The number of rotatable bonds is 5. The number of nitrogens with two attached hydrogens (primary N) is 1. The molecule has 0 saturated carbocycles. The summed E-state index contributed by atoms with van der Waals surface area (Å²) in [6, 6.07) is 5.65. The van der Waals surface area contributed by atoms with Crippen molar-refractivity contribution in [2.24, 2.45) is 5.73 Å². The average molecular weight is 289 g/mol. The predicted octanol–water partition coefficient (Wildman–Crippen LogP) is 2.57. The lowest BCUT2D eigenvalue weighted by molar-refractivity contribution is 0.249. The maximum absolute atomic E-state index is 13.7. The summed E-state index contributed by atoms with van der Waals surface area (Å²) in [5.74, 6) is 0.0518. The molecule has 108 valence electrons. The second-order valence-electron chi connectivity index (χ2n) is 4.70. The molecule has 0 spiro atoms. The Bertz CT molecular complexity index is 403. The Morgan fingerprint density at radius 2 is 2.26 bits per heavy atom. The zero-order valence-corrected chi connectivity index (χ0v) is 12.1. The molecule has 0 bridgehead atoms. The van der Waals surface area contributed by atoms with E-state index in [1.165, 1.54) is 6.42 Å². The van der Waals surface area contributed by atoms with Gasteiger partial charge in [0.1, 0.15) is 0 Å². The van der Waals surface area contributed by atoms with Gasteiger partial charge in [-0.2, -0.15) is 0 Å². The number of hydrogen-bond donors (Lipinski definition) is 1. The fourth-order valence-electron chi connectivity index (χ4n) is 2.52. The van der Waals surface area contributed by atoms with Crippen LogP contribution < -0.4 is 10.5 Å². The Morgan fingerprint density at radius 1 is 1.47 bits per heavy atom. The molecule has 0 aromatic heterocycles. The second kappa shape index (κ2) is 7.68. The van der Waals surface area contributed by atoms with Gasteiger partial charge in [-0.05, 0) is 44.0 Å². The SMILES string of the molecule is CCOc1ccc(CN2CCCC2CN)cc1F.Cl. The van der Waals surface area contributed by atoms with Crippen molar-refractivity contribution < 1.29 is 9.13 Å². The zero-order valence-electron chi connectivity index (χ0n) is 11.3. The van der Waals surface area contributed by atoms with Crippen LogP contribution in [0, 0.1) is 5.82 Å². The third kappa shape index (κ3) is 4.06. The number of nitrogens with zero attached hydrogens (tertiary/aromatic N) is 1. The first-order valence-electron chi connectivity index (χ1n) is 6.60. The van der Waals surface area contributed by atoms with Crippen LogP contribution in [-0.4, -0.2) is 30.6 Å². The van der Waals surface area contributed by atoms with Crippen LogP contribution in [0.25, 0.3) is 0 Å². The van der Waals surface area contributed by atoms with Crippen LogP contribution >= 0.6 is 12.4 Å². The monoisotopic (exact) mass is 288 g/mol. The maximum Gasteiger partial charge on any atom is 0.165 e. The number of likely N-dealkylation sites (tertiary alicyclic amines) is 1. The van der Waals surface area contributed by atoms with Gasteiger partial charge >= 0.3 is 0 Å². The van der Waals surface area contributed by atoms with E-state index in [0.29, 0.717) is 24.9 Å². The molecule has 1 aliphatic heterocycles. The largest absolute Gasteiger partial charge is 0.491 e. The lowest BCUT2D eigenvalue weighted by Gasteiger charge is -2.23. The quantitative estimate of drug-likeness (QED) is 0.905. The van der Waals surface area contributed by atoms with Crippen LogP contribution in [0.15, 0.2) is 18.2 Å². The summed E-state index contributed by atoms with van der Waals surface area (Å²) in [6.45, 7) is 4.84. The summed E-state index contributed by atoms with van der Waals surface area (Å²) < 4.78 is 18.9. The van der Waals surface area contributed by atoms with Crippen molar-refractivity contribution in [3.63, 3.8) is 0 Å². The van der Waals surface area contributed by atoms with Gasteiger partial charge in [-0.25, -0.2) is 4.39 Å². The van der Waals surface area contributed by atoms with Crippen molar-refractivity contribution in [2.45, 2.75) is 32.4 Å². The first-order chi connectivity index (χ1) is 8.74. The van der Waals surface area contributed by atoms with Gasteiger partial charge in [0.15, 0.2) is 11.6 Å². The molecule has 0 aliphatic carbocycles. The molecule has 3 nitrogen and oxygen atoms in total. The molecule has 19 heavy (non-hydrogen) atoms. The number of halogens is 2. The minimum atomic E-state index is -0.280. The summed E-state index contributed by atoms with van der Waals surface area (Å²) in [5.41, 5.74) is 6.72. The molecule has 0 radical (unpaired) electrons. The van der Waals surface area contributed by atoms with Gasteiger partial charge in [-0.15, -0.1) is 12.4 Å². The first kappa shape index (κ1) is 16.2. The molecule has 1 aromatic carbocycles. The standard InChI is InChI=1S/C14H21FN2O.ClH/c1-2-18-14-6-5-11(8-13(14)15)10-17-7-3-4-12(17)9-16;/h5-6,8,12H,2-4,7,9-10,16H2,1H3;1H. The molecule has 1 saturated heterocycles. The fraction of sp³-hybridized carbons (Fsp3) is 0.571. The molecule has 1 atom stereocenters. The van der Waals surface area contributed by atoms with E-state index in [9.17, 15) is 4.39 Å². The molecule has 2 rings (SSSR count). The summed E-state index contributed by atoms with van der Waals surface area (Å²) in [7, 11) is 0. The van der Waals surface area contributed by atoms with Gasteiger partial charge in [0.05, 0.1) is 6.61 Å². The van der Waals surface area contributed by atoms with Gasteiger partial charge in [-0.1, -0.05) is 6.07 Å². The highest BCUT2D eigenvalue weighted by atomic mass is 35.5. The summed E-state index contributed by atoms with van der Waals surface area (Å²) in [5, 5.41) is 0. The van der Waals surface area contributed by atoms with Crippen molar-refractivity contribution in [1.29, 1.82) is 0 Å². The van der Waals surface area contributed by atoms with Gasteiger partial charge in [0.2, 0.25) is 0 Å². The van der Waals surface area contributed by atoms with Gasteiger partial charge in [0, 0.05) is 19.1 Å². The number of hydrogen-bond acceptors (Lipinski definition) is 3. The normalized spacial score (nSPS) is 19.2. The third-order valence-electron chi connectivity index (χ3n) is 3.45. The second-order valence-corrected chi connectivity index (χ2v) is 4.70. The summed E-state index contributed by atoms with van der Waals surface area (Å²) in [6.07, 6.45) is 2.33. The lowest BCUT2D eigenvalue weighted by atomic mass is 10.1. The molecule has 5 heteroatoms. The third-order valence-corrected chi connectivity index (χ3v) is 3.45. The van der Waals surface area contributed by atoms with Crippen LogP contribution in [0.1, 0.15) is 25.3 Å². The molecule has 1 unspecified atom stereocenters. The minimum absolute atomic E-state index is 0. The molecule has 1 fully saturated rings. The highest BCUT2D eigenvalue weighted by molar-refractivity contribution is 5.85. The van der Waals surface area contributed by atoms with Crippen molar-refractivity contribution in [3.8, 4) is 5.75 Å². The van der Waals surface area contributed by atoms with E-state index < -0.39 is 0 Å². The topological polar surface area (TPSA) is 38.5 Å². The Hall–Kier alpha value is -0.840. The zero-order chi connectivity index (χ0) is 13.0. The Balaban J connectivity index is 0.00000180. The van der Waals surface area contributed by atoms with E-state index in [2.05, 4.69) is 4.90 Å². The van der Waals surface area contributed by atoms with Crippen molar-refractivity contribution in [1.82, 2.24) is 4.90 Å². The van der Waals surface area contributed by atoms with Crippen LogP contribution in [0.3, 0.4) is 0 Å². The van der Waals surface area contributed by atoms with Gasteiger partial charge < -0.3 is 10.5 Å². The highest BCUT2D eigenvalue weighted by Gasteiger charge is 2.23. The van der Waals surface area contributed by atoms with E-state index in [-0.39, 0.29) is 18.2 Å². The van der Waals surface area contributed by atoms with Gasteiger partial charge in [0.25, 0.3) is 0 Å². The van der Waals surface area contributed by atoms with Gasteiger partial charge in [-0.3, -0.25) is 4.90 Å². The molecule has 1 heterocycles. The predicted molar refractivity (Wildman–Crippen MR) is 77.3 cm³/mol. The Morgan fingerprint density at radius 3 is 2.89 bits per heavy atom. The molecule has 1 aliphatic rings. The fourth-order valence-corrected chi connectivity index (χ4v) is 2.52. The van der Waals surface area contributed by atoms with Crippen LogP contribution in [-0.2, 0) is 6.54 Å². The Kier molecular flexibility index (Phi) is 6.55. The summed E-state index contributed by atoms with van der Waals surface area (Å²) in [4.78, 5) is 2.33. The van der Waals surface area contributed by atoms with E-state index in [4.69, 9.17) is 10.5 Å². The average Bonchev–Trinajstić information content (AvgIpc) is 2.80. The van der Waals surface area contributed by atoms with Crippen molar-refractivity contribution in [3.05, 3.63) is 29.6 Å². The smallest absolute Gasteiger partial charge is 0.165 e. The van der Waals surface area contributed by atoms with E-state index in [1.54, 1.807) is 12.1 Å². The summed E-state index contributed by atoms with van der Waals surface area (Å²) >= 11 is 0. The molecule has 1 aromatic rings. The molecule has 0 amide bonds.